The Labute approximate surface area is 127 Å². The summed E-state index contributed by atoms with van der Waals surface area (Å²) in [6, 6.07) is 8.52. The predicted molar refractivity (Wildman–Crippen MR) is 86.0 cm³/mol. The highest BCUT2D eigenvalue weighted by molar-refractivity contribution is 9.11. The van der Waals surface area contributed by atoms with E-state index in [2.05, 4.69) is 61.0 Å². The summed E-state index contributed by atoms with van der Waals surface area (Å²) in [5.41, 5.74) is 4.74. The van der Waals surface area contributed by atoms with Gasteiger partial charge >= 0.3 is 0 Å². The van der Waals surface area contributed by atoms with Crippen molar-refractivity contribution < 1.29 is 5.11 Å². The van der Waals surface area contributed by atoms with Crippen molar-refractivity contribution in [2.45, 2.75) is 39.7 Å². The standard InChI is InChI=1S/C16H19BrOS/c1-4-11-6-7-12(5-2)13(9-11)15(18)14-8-10(3)16(17)19-14/h6-9,15,18H,4-5H2,1-3H3. The monoisotopic (exact) mass is 338 g/mol. The van der Waals surface area contributed by atoms with Crippen LogP contribution in [0.5, 0.6) is 0 Å². The Kier molecular flexibility index (Phi) is 4.82. The van der Waals surface area contributed by atoms with Crippen LogP contribution in [0.1, 0.15) is 47.1 Å². The first kappa shape index (κ1) is 14.8. The average molecular weight is 339 g/mol. The van der Waals surface area contributed by atoms with E-state index in [1.54, 1.807) is 11.3 Å². The van der Waals surface area contributed by atoms with E-state index in [4.69, 9.17) is 0 Å². The first-order valence-electron chi connectivity index (χ1n) is 6.62. The van der Waals surface area contributed by atoms with Crippen LogP contribution in [0.25, 0.3) is 0 Å². The maximum Gasteiger partial charge on any atom is 0.114 e. The fourth-order valence-corrected chi connectivity index (χ4v) is 3.79. The fourth-order valence-electron chi connectivity index (χ4n) is 2.21. The molecule has 0 aliphatic carbocycles. The number of aliphatic hydroxyl groups is 1. The molecule has 2 rings (SSSR count). The fraction of sp³-hybridized carbons (Fsp3) is 0.375. The summed E-state index contributed by atoms with van der Waals surface area (Å²) >= 11 is 5.14. The van der Waals surface area contributed by atoms with E-state index in [0.717, 1.165) is 27.1 Å². The Morgan fingerprint density at radius 3 is 2.47 bits per heavy atom. The predicted octanol–water partition coefficient (Wildman–Crippen LogP) is 5.03. The molecule has 0 amide bonds. The second kappa shape index (κ2) is 6.21. The third-order valence-corrected chi connectivity index (χ3v) is 5.63. The van der Waals surface area contributed by atoms with Crippen molar-refractivity contribution in [3.63, 3.8) is 0 Å². The van der Waals surface area contributed by atoms with Gasteiger partial charge in [-0.05, 0) is 64.0 Å². The van der Waals surface area contributed by atoms with E-state index >= 15 is 0 Å². The van der Waals surface area contributed by atoms with E-state index in [1.807, 2.05) is 0 Å². The highest BCUT2D eigenvalue weighted by atomic mass is 79.9. The van der Waals surface area contributed by atoms with Crippen LogP contribution in [0.4, 0.5) is 0 Å². The van der Waals surface area contributed by atoms with E-state index in [1.165, 1.54) is 16.7 Å². The van der Waals surface area contributed by atoms with Gasteiger partial charge in [0, 0.05) is 4.88 Å². The number of hydrogen-bond acceptors (Lipinski definition) is 2. The van der Waals surface area contributed by atoms with Crippen LogP contribution >= 0.6 is 27.3 Å². The van der Waals surface area contributed by atoms with E-state index in [0.29, 0.717) is 0 Å². The lowest BCUT2D eigenvalue weighted by Crippen LogP contribution is -2.03. The second-order valence-corrected chi connectivity index (χ2v) is 7.15. The molecule has 1 heterocycles. The van der Waals surface area contributed by atoms with Gasteiger partial charge in [0.15, 0.2) is 0 Å². The highest BCUT2D eigenvalue weighted by Gasteiger charge is 2.17. The topological polar surface area (TPSA) is 20.2 Å². The van der Waals surface area contributed by atoms with Gasteiger partial charge in [-0.3, -0.25) is 0 Å². The number of thiophene rings is 1. The lowest BCUT2D eigenvalue weighted by Gasteiger charge is -2.15. The van der Waals surface area contributed by atoms with Crippen molar-refractivity contribution in [3.05, 3.63) is 55.2 Å². The molecule has 1 nitrogen and oxygen atoms in total. The van der Waals surface area contributed by atoms with Gasteiger partial charge in [0.1, 0.15) is 6.10 Å². The van der Waals surface area contributed by atoms with Gasteiger partial charge in [0.05, 0.1) is 3.79 Å². The molecule has 0 fully saturated rings. The normalized spacial score (nSPS) is 12.7. The van der Waals surface area contributed by atoms with Crippen LogP contribution in [0.2, 0.25) is 0 Å². The number of hydrogen-bond donors (Lipinski definition) is 1. The summed E-state index contributed by atoms with van der Waals surface area (Å²) in [4.78, 5) is 1.01. The van der Waals surface area contributed by atoms with E-state index in [-0.39, 0.29) is 0 Å². The molecule has 1 aromatic carbocycles. The van der Waals surface area contributed by atoms with E-state index < -0.39 is 6.10 Å². The van der Waals surface area contributed by atoms with Crippen molar-refractivity contribution in [2.75, 3.05) is 0 Å². The zero-order valence-electron chi connectivity index (χ0n) is 11.5. The third kappa shape index (κ3) is 3.10. The Balaban J connectivity index is 2.44. The Morgan fingerprint density at radius 2 is 1.95 bits per heavy atom. The third-order valence-electron chi connectivity index (χ3n) is 3.44. The number of rotatable bonds is 4. The molecule has 19 heavy (non-hydrogen) atoms. The van der Waals surface area contributed by atoms with Crippen LogP contribution in [-0.2, 0) is 12.8 Å². The molecule has 0 aliphatic rings. The van der Waals surface area contributed by atoms with Crippen molar-refractivity contribution in [1.29, 1.82) is 0 Å². The smallest absolute Gasteiger partial charge is 0.114 e. The average Bonchev–Trinajstić information content (AvgIpc) is 2.77. The van der Waals surface area contributed by atoms with Gasteiger partial charge in [0.2, 0.25) is 0 Å². The van der Waals surface area contributed by atoms with Crippen LogP contribution in [0.3, 0.4) is 0 Å². The van der Waals surface area contributed by atoms with Crippen LogP contribution in [0, 0.1) is 6.92 Å². The molecule has 0 bridgehead atoms. The minimum Gasteiger partial charge on any atom is -0.383 e. The molecular weight excluding hydrogens is 320 g/mol. The zero-order valence-corrected chi connectivity index (χ0v) is 13.9. The molecule has 102 valence electrons. The molecule has 1 atom stereocenters. The summed E-state index contributed by atoms with van der Waals surface area (Å²) in [6.07, 6.45) is 1.43. The Bertz CT molecular complexity index is 555. The summed E-state index contributed by atoms with van der Waals surface area (Å²) in [5.74, 6) is 0. The van der Waals surface area contributed by atoms with Crippen molar-refractivity contribution >= 4 is 27.3 Å². The van der Waals surface area contributed by atoms with E-state index in [9.17, 15) is 5.11 Å². The first-order chi connectivity index (χ1) is 9.06. The molecule has 0 aliphatic heterocycles. The van der Waals surface area contributed by atoms with Crippen LogP contribution in [0.15, 0.2) is 28.1 Å². The summed E-state index contributed by atoms with van der Waals surface area (Å²) in [6.45, 7) is 6.33. The minimum atomic E-state index is -0.517. The van der Waals surface area contributed by atoms with Gasteiger partial charge in [-0.2, -0.15) is 0 Å². The molecule has 1 unspecified atom stereocenters. The first-order valence-corrected chi connectivity index (χ1v) is 8.23. The molecule has 0 spiro atoms. The SMILES string of the molecule is CCc1ccc(CC)c(C(O)c2cc(C)c(Br)s2)c1. The molecule has 3 heteroatoms. The molecule has 0 saturated heterocycles. The van der Waals surface area contributed by atoms with Crippen molar-refractivity contribution in [3.8, 4) is 0 Å². The van der Waals surface area contributed by atoms with Gasteiger partial charge in [0.25, 0.3) is 0 Å². The van der Waals surface area contributed by atoms with Crippen LogP contribution < -0.4 is 0 Å². The number of aliphatic hydroxyl groups excluding tert-OH is 1. The summed E-state index contributed by atoms with van der Waals surface area (Å²) < 4.78 is 1.10. The number of benzene rings is 1. The zero-order chi connectivity index (χ0) is 14.0. The van der Waals surface area contributed by atoms with Gasteiger partial charge < -0.3 is 5.11 Å². The van der Waals surface area contributed by atoms with Gasteiger partial charge in [-0.15, -0.1) is 11.3 Å². The molecule has 1 aromatic heterocycles. The number of aryl methyl sites for hydroxylation is 3. The van der Waals surface area contributed by atoms with Crippen molar-refractivity contribution in [2.24, 2.45) is 0 Å². The molecule has 0 saturated carbocycles. The summed E-state index contributed by atoms with van der Waals surface area (Å²) in [5, 5.41) is 10.7. The number of halogens is 1. The maximum absolute atomic E-state index is 10.7. The Morgan fingerprint density at radius 1 is 1.21 bits per heavy atom. The van der Waals surface area contributed by atoms with Gasteiger partial charge in [-0.1, -0.05) is 32.0 Å². The highest BCUT2D eigenvalue weighted by Crippen LogP contribution is 2.35. The van der Waals surface area contributed by atoms with Gasteiger partial charge in [-0.25, -0.2) is 0 Å². The molecule has 0 radical (unpaired) electrons. The second-order valence-electron chi connectivity index (χ2n) is 4.75. The minimum absolute atomic E-state index is 0.517. The summed E-state index contributed by atoms with van der Waals surface area (Å²) in [7, 11) is 0. The lowest BCUT2D eigenvalue weighted by atomic mass is 9.96. The lowest BCUT2D eigenvalue weighted by molar-refractivity contribution is 0.223. The maximum atomic E-state index is 10.7. The quantitative estimate of drug-likeness (QED) is 0.829. The molecular formula is C16H19BrOS. The molecule has 1 N–H and O–H groups in total. The Hall–Kier alpha value is -0.640. The molecule has 2 aromatic rings. The largest absolute Gasteiger partial charge is 0.383 e. The van der Waals surface area contributed by atoms with Crippen molar-refractivity contribution in [1.82, 2.24) is 0 Å². The van der Waals surface area contributed by atoms with Crippen LogP contribution in [-0.4, -0.2) is 5.11 Å².